The quantitative estimate of drug-likeness (QED) is 0.741. The zero-order valence-electron chi connectivity index (χ0n) is 14.7. The molecule has 0 unspecified atom stereocenters. The van der Waals surface area contributed by atoms with Crippen molar-refractivity contribution in [2.24, 2.45) is 5.92 Å². The van der Waals surface area contributed by atoms with Gasteiger partial charge < -0.3 is 9.64 Å². The van der Waals surface area contributed by atoms with Crippen LogP contribution in [0, 0.1) is 17.2 Å². The fraction of sp³-hybridized carbons (Fsp3) is 0.500. The number of ether oxygens (including phenoxy) is 1. The largest absolute Gasteiger partial charge is 0.378 e. The topological polar surface area (TPSA) is 67.0 Å². The normalized spacial score (nSPS) is 15.8. The molecule has 0 spiro atoms. The van der Waals surface area contributed by atoms with Gasteiger partial charge in [-0.25, -0.2) is 0 Å². The van der Waals surface area contributed by atoms with Crippen LogP contribution >= 0.6 is 11.8 Å². The Bertz CT molecular complexity index is 748. The third-order valence-corrected chi connectivity index (χ3v) is 5.40. The van der Waals surface area contributed by atoms with Gasteiger partial charge in [-0.1, -0.05) is 36.9 Å². The van der Waals surface area contributed by atoms with E-state index in [9.17, 15) is 0 Å². The van der Waals surface area contributed by atoms with Crippen LogP contribution in [0.25, 0.3) is 5.69 Å². The van der Waals surface area contributed by atoms with Gasteiger partial charge in [-0.3, -0.25) is 4.57 Å². The summed E-state index contributed by atoms with van der Waals surface area (Å²) in [6, 6.07) is 10.6. The standard InChI is InChI=1S/C18H23N5OS/c1-3-15-6-4-5-7-16(15)23-17(22-8-10-24-11-9-22)20-21-18(23)25-13-14(2)12-19/h4-7,14H,3,8-11,13H2,1-2H3/t14-/m1/s1. The van der Waals surface area contributed by atoms with Crippen LogP contribution in [0.4, 0.5) is 5.95 Å². The third kappa shape index (κ3) is 3.97. The maximum Gasteiger partial charge on any atom is 0.232 e. The lowest BCUT2D eigenvalue weighted by molar-refractivity contribution is 0.122. The second kappa shape index (κ2) is 8.37. The number of aryl methyl sites for hydroxylation is 1. The van der Waals surface area contributed by atoms with E-state index in [4.69, 9.17) is 10.00 Å². The van der Waals surface area contributed by atoms with Crippen molar-refractivity contribution in [1.29, 1.82) is 5.26 Å². The number of para-hydroxylation sites is 1. The molecule has 2 aromatic rings. The lowest BCUT2D eigenvalue weighted by atomic mass is 10.1. The molecule has 3 rings (SSSR count). The zero-order chi connectivity index (χ0) is 17.6. The van der Waals surface area contributed by atoms with Crippen LogP contribution in [-0.4, -0.2) is 46.8 Å². The van der Waals surface area contributed by atoms with Gasteiger partial charge in [0, 0.05) is 18.8 Å². The minimum atomic E-state index is -0.0246. The highest BCUT2D eigenvalue weighted by molar-refractivity contribution is 7.99. The molecule has 1 saturated heterocycles. The average Bonchev–Trinajstić information content (AvgIpc) is 3.10. The molecule has 2 heterocycles. The summed E-state index contributed by atoms with van der Waals surface area (Å²) >= 11 is 1.59. The Morgan fingerprint density at radius 2 is 2.04 bits per heavy atom. The summed E-state index contributed by atoms with van der Waals surface area (Å²) in [5.74, 6) is 1.53. The van der Waals surface area contributed by atoms with Crippen LogP contribution in [0.2, 0.25) is 0 Å². The minimum absolute atomic E-state index is 0.0246. The Hall–Kier alpha value is -2.04. The molecule has 0 amide bonds. The number of nitrogens with zero attached hydrogens (tertiary/aromatic N) is 5. The summed E-state index contributed by atoms with van der Waals surface area (Å²) in [6.07, 6.45) is 0.940. The summed E-state index contributed by atoms with van der Waals surface area (Å²) < 4.78 is 7.61. The van der Waals surface area contributed by atoms with Gasteiger partial charge in [-0.15, -0.1) is 10.2 Å². The van der Waals surface area contributed by atoms with Gasteiger partial charge in [-0.2, -0.15) is 5.26 Å². The molecule has 6 nitrogen and oxygen atoms in total. The van der Waals surface area contributed by atoms with Crippen LogP contribution in [0.15, 0.2) is 29.4 Å². The second-order valence-electron chi connectivity index (χ2n) is 6.04. The molecule has 7 heteroatoms. The fourth-order valence-electron chi connectivity index (χ4n) is 2.80. The van der Waals surface area contributed by atoms with Crippen molar-refractivity contribution < 1.29 is 4.74 Å². The summed E-state index contributed by atoms with van der Waals surface area (Å²) in [7, 11) is 0. The zero-order valence-corrected chi connectivity index (χ0v) is 15.5. The van der Waals surface area contributed by atoms with E-state index in [1.165, 1.54) is 5.56 Å². The Kier molecular flexibility index (Phi) is 5.95. The molecular weight excluding hydrogens is 334 g/mol. The number of rotatable bonds is 6. The number of aromatic nitrogens is 3. The molecule has 0 bridgehead atoms. The van der Waals surface area contributed by atoms with E-state index in [0.717, 1.165) is 36.3 Å². The van der Waals surface area contributed by atoms with Crippen molar-refractivity contribution in [3.8, 4) is 11.8 Å². The first-order chi connectivity index (χ1) is 12.2. The summed E-state index contributed by atoms with van der Waals surface area (Å²) in [5.41, 5.74) is 2.37. The van der Waals surface area contributed by atoms with E-state index in [2.05, 4.69) is 50.9 Å². The summed E-state index contributed by atoms with van der Waals surface area (Å²) in [5, 5.41) is 18.8. The summed E-state index contributed by atoms with van der Waals surface area (Å²) in [4.78, 5) is 2.22. The van der Waals surface area contributed by atoms with Crippen LogP contribution in [0.1, 0.15) is 19.4 Å². The molecule has 0 N–H and O–H groups in total. The van der Waals surface area contributed by atoms with E-state index in [1.54, 1.807) is 11.8 Å². The van der Waals surface area contributed by atoms with Gasteiger partial charge in [0.1, 0.15) is 0 Å². The maximum absolute atomic E-state index is 9.06. The van der Waals surface area contributed by atoms with Crippen LogP contribution in [0.5, 0.6) is 0 Å². The van der Waals surface area contributed by atoms with Crippen molar-refractivity contribution >= 4 is 17.7 Å². The van der Waals surface area contributed by atoms with E-state index in [-0.39, 0.29) is 5.92 Å². The van der Waals surface area contributed by atoms with Gasteiger partial charge in [0.15, 0.2) is 5.16 Å². The first-order valence-corrected chi connectivity index (χ1v) is 9.62. The number of morpholine rings is 1. The van der Waals surface area contributed by atoms with E-state index in [0.29, 0.717) is 19.0 Å². The van der Waals surface area contributed by atoms with E-state index < -0.39 is 0 Å². The number of nitriles is 1. The predicted octanol–water partition coefficient (Wildman–Crippen LogP) is 2.92. The Morgan fingerprint density at radius 1 is 1.28 bits per heavy atom. The molecule has 0 aliphatic carbocycles. The van der Waals surface area contributed by atoms with Crippen LogP contribution in [0.3, 0.4) is 0 Å². The van der Waals surface area contributed by atoms with Gasteiger partial charge in [0.2, 0.25) is 5.95 Å². The van der Waals surface area contributed by atoms with Crippen molar-refractivity contribution in [3.05, 3.63) is 29.8 Å². The molecule has 1 aliphatic rings. The maximum atomic E-state index is 9.06. The molecule has 1 aromatic heterocycles. The number of benzene rings is 1. The first kappa shape index (κ1) is 17.8. The van der Waals surface area contributed by atoms with Gasteiger partial charge in [0.05, 0.1) is 30.9 Å². The molecule has 132 valence electrons. The lowest BCUT2D eigenvalue weighted by Gasteiger charge is -2.28. The van der Waals surface area contributed by atoms with Gasteiger partial charge in [0.25, 0.3) is 0 Å². The first-order valence-electron chi connectivity index (χ1n) is 8.63. The minimum Gasteiger partial charge on any atom is -0.378 e. The number of hydrogen-bond donors (Lipinski definition) is 0. The lowest BCUT2D eigenvalue weighted by Crippen LogP contribution is -2.38. The Balaban J connectivity index is 2.01. The van der Waals surface area contributed by atoms with Crippen molar-refractivity contribution in [3.63, 3.8) is 0 Å². The van der Waals surface area contributed by atoms with Gasteiger partial charge in [-0.05, 0) is 25.0 Å². The summed E-state index contributed by atoms with van der Waals surface area (Å²) in [6.45, 7) is 7.11. The van der Waals surface area contributed by atoms with E-state index >= 15 is 0 Å². The van der Waals surface area contributed by atoms with Crippen molar-refractivity contribution in [2.45, 2.75) is 25.4 Å². The molecule has 1 fully saturated rings. The molecule has 1 atom stereocenters. The van der Waals surface area contributed by atoms with Crippen LogP contribution in [-0.2, 0) is 11.2 Å². The monoisotopic (exact) mass is 357 g/mol. The second-order valence-corrected chi connectivity index (χ2v) is 7.03. The Labute approximate surface area is 152 Å². The fourth-order valence-corrected chi connectivity index (χ4v) is 3.68. The predicted molar refractivity (Wildman–Crippen MR) is 99.3 cm³/mol. The SMILES string of the molecule is CCc1ccccc1-n1c(SC[C@H](C)C#N)nnc1N1CCOCC1. The molecule has 1 aliphatic heterocycles. The van der Waals surface area contributed by atoms with E-state index in [1.807, 2.05) is 13.0 Å². The molecule has 1 aromatic carbocycles. The third-order valence-electron chi connectivity index (χ3n) is 4.21. The van der Waals surface area contributed by atoms with Crippen molar-refractivity contribution in [2.75, 3.05) is 37.0 Å². The molecule has 0 saturated carbocycles. The highest BCUT2D eigenvalue weighted by Gasteiger charge is 2.23. The average molecular weight is 357 g/mol. The van der Waals surface area contributed by atoms with Crippen molar-refractivity contribution in [1.82, 2.24) is 14.8 Å². The highest BCUT2D eigenvalue weighted by atomic mass is 32.2. The smallest absolute Gasteiger partial charge is 0.232 e. The highest BCUT2D eigenvalue weighted by Crippen LogP contribution is 2.30. The Morgan fingerprint density at radius 3 is 2.76 bits per heavy atom. The van der Waals surface area contributed by atoms with Gasteiger partial charge >= 0.3 is 0 Å². The molecule has 25 heavy (non-hydrogen) atoms. The molecule has 0 radical (unpaired) electrons. The number of thioether (sulfide) groups is 1. The molecular formula is C18H23N5OS. The number of anilines is 1. The van der Waals surface area contributed by atoms with Crippen LogP contribution < -0.4 is 4.90 Å². The number of hydrogen-bond acceptors (Lipinski definition) is 6.